The third-order valence-corrected chi connectivity index (χ3v) is 5.93. The molecular formula is C14H15Cl2NO. The number of rotatable bonds is 1. The number of hydrogen-bond donors (Lipinski definition) is 0. The first-order valence-electron chi connectivity index (χ1n) is 6.01. The summed E-state index contributed by atoms with van der Waals surface area (Å²) in [5.74, 6) is 0.0425. The number of halogens is 2. The molecule has 18 heavy (non-hydrogen) atoms. The van der Waals surface area contributed by atoms with Gasteiger partial charge in [0.1, 0.15) is 4.33 Å². The summed E-state index contributed by atoms with van der Waals surface area (Å²) in [6, 6.07) is 7.86. The highest BCUT2D eigenvalue weighted by molar-refractivity contribution is 6.53. The van der Waals surface area contributed by atoms with Gasteiger partial charge < -0.3 is 4.90 Å². The molecule has 1 heterocycles. The lowest BCUT2D eigenvalue weighted by atomic mass is 9.80. The molecule has 3 rings (SSSR count). The molecule has 0 spiro atoms. The summed E-state index contributed by atoms with van der Waals surface area (Å²) in [5, 5.41) is 0. The fraction of sp³-hybridized carbons (Fsp3) is 0.500. The lowest BCUT2D eigenvalue weighted by Gasteiger charge is -2.42. The number of carbonyl (C=O) groups is 1. The molecule has 1 aromatic carbocycles. The molecule has 0 unspecified atom stereocenters. The summed E-state index contributed by atoms with van der Waals surface area (Å²) in [6.45, 7) is 6.12. The van der Waals surface area contributed by atoms with Gasteiger partial charge in [-0.25, -0.2) is 0 Å². The summed E-state index contributed by atoms with van der Waals surface area (Å²) in [5.41, 5.74) is 1.32. The minimum absolute atomic E-state index is 0.0425. The number of benzene rings is 1. The van der Waals surface area contributed by atoms with Gasteiger partial charge in [-0.3, -0.25) is 4.79 Å². The van der Waals surface area contributed by atoms with Crippen molar-refractivity contribution < 1.29 is 4.79 Å². The van der Waals surface area contributed by atoms with Crippen LogP contribution in [0.5, 0.6) is 0 Å². The molecule has 1 amide bonds. The first kappa shape index (κ1) is 12.3. The van der Waals surface area contributed by atoms with Gasteiger partial charge in [-0.15, -0.1) is 23.2 Å². The van der Waals surface area contributed by atoms with Gasteiger partial charge in [-0.1, -0.05) is 25.1 Å². The van der Waals surface area contributed by atoms with Gasteiger partial charge >= 0.3 is 0 Å². The highest BCUT2D eigenvalue weighted by atomic mass is 35.5. The lowest BCUT2D eigenvalue weighted by Crippen LogP contribution is -2.50. The van der Waals surface area contributed by atoms with Crippen molar-refractivity contribution in [3.8, 4) is 0 Å². The van der Waals surface area contributed by atoms with Gasteiger partial charge in [-0.05, 0) is 25.5 Å². The third kappa shape index (κ3) is 1.10. The molecule has 2 nitrogen and oxygen atoms in total. The second-order valence-corrected chi connectivity index (χ2v) is 7.29. The number of hydrogen-bond acceptors (Lipinski definition) is 1. The van der Waals surface area contributed by atoms with Crippen LogP contribution in [0.3, 0.4) is 0 Å². The van der Waals surface area contributed by atoms with E-state index >= 15 is 0 Å². The van der Waals surface area contributed by atoms with Crippen LogP contribution in [0.4, 0.5) is 5.69 Å². The van der Waals surface area contributed by atoms with Gasteiger partial charge in [0.25, 0.3) is 0 Å². The van der Waals surface area contributed by atoms with E-state index in [9.17, 15) is 4.79 Å². The van der Waals surface area contributed by atoms with Crippen LogP contribution >= 0.6 is 23.2 Å². The number of carbonyl (C=O) groups excluding carboxylic acids is 1. The van der Waals surface area contributed by atoms with Crippen LogP contribution in [-0.2, 0) is 10.2 Å². The van der Waals surface area contributed by atoms with Crippen molar-refractivity contribution in [3.05, 3.63) is 29.8 Å². The highest BCUT2D eigenvalue weighted by Gasteiger charge is 2.81. The average Bonchev–Trinajstić information content (AvgIpc) is 2.75. The number of nitrogens with zero attached hydrogens (tertiary/aromatic N) is 1. The van der Waals surface area contributed by atoms with Crippen molar-refractivity contribution >= 4 is 35.3 Å². The van der Waals surface area contributed by atoms with Crippen LogP contribution in [-0.4, -0.2) is 16.3 Å². The Morgan fingerprint density at radius 1 is 1.22 bits per heavy atom. The number of anilines is 1. The maximum atomic E-state index is 11.5. The number of fused-ring (bicyclic) bond motifs is 3. The van der Waals surface area contributed by atoms with E-state index < -0.39 is 4.33 Å². The first-order chi connectivity index (χ1) is 8.29. The fourth-order valence-electron chi connectivity index (χ4n) is 3.78. The van der Waals surface area contributed by atoms with E-state index in [1.165, 1.54) is 0 Å². The largest absolute Gasteiger partial charge is 0.309 e. The van der Waals surface area contributed by atoms with Crippen molar-refractivity contribution in [2.45, 2.75) is 36.1 Å². The molecule has 1 aromatic rings. The lowest BCUT2D eigenvalue weighted by molar-refractivity contribution is -0.108. The summed E-state index contributed by atoms with van der Waals surface area (Å²) in [6.07, 6.45) is 0.876. The van der Waals surface area contributed by atoms with E-state index in [-0.39, 0.29) is 16.9 Å². The molecule has 96 valence electrons. The SMILES string of the molecule is CC1(C)[C@H]2C(Cl)(Cl)[C@]2(C)c2ccccc2N1C=O. The van der Waals surface area contributed by atoms with Crippen LogP contribution < -0.4 is 4.90 Å². The number of amides is 1. The second-order valence-electron chi connectivity index (χ2n) is 5.90. The van der Waals surface area contributed by atoms with E-state index in [0.717, 1.165) is 17.7 Å². The van der Waals surface area contributed by atoms with E-state index in [2.05, 4.69) is 6.92 Å². The average molecular weight is 284 g/mol. The molecule has 4 heteroatoms. The molecule has 0 aromatic heterocycles. The molecule has 2 atom stereocenters. The Labute approximate surface area is 117 Å². The van der Waals surface area contributed by atoms with Crippen molar-refractivity contribution in [1.82, 2.24) is 0 Å². The maximum Gasteiger partial charge on any atom is 0.214 e. The molecule has 1 saturated carbocycles. The predicted molar refractivity (Wildman–Crippen MR) is 74.3 cm³/mol. The fourth-order valence-corrected chi connectivity index (χ4v) is 5.06. The van der Waals surface area contributed by atoms with Gasteiger partial charge in [0.05, 0.1) is 0 Å². The van der Waals surface area contributed by atoms with E-state index in [1.54, 1.807) is 4.90 Å². The molecule has 1 aliphatic heterocycles. The van der Waals surface area contributed by atoms with Gasteiger partial charge in [0.2, 0.25) is 6.41 Å². The third-order valence-electron chi connectivity index (χ3n) is 4.70. The van der Waals surface area contributed by atoms with Gasteiger partial charge in [0, 0.05) is 22.6 Å². The van der Waals surface area contributed by atoms with E-state index in [4.69, 9.17) is 23.2 Å². The zero-order valence-corrected chi connectivity index (χ0v) is 12.1. The number of para-hydroxylation sites is 1. The zero-order valence-electron chi connectivity index (χ0n) is 10.6. The Morgan fingerprint density at radius 3 is 2.44 bits per heavy atom. The summed E-state index contributed by atoms with van der Waals surface area (Å²) < 4.78 is -0.815. The topological polar surface area (TPSA) is 20.3 Å². The highest BCUT2D eigenvalue weighted by Crippen LogP contribution is 2.76. The van der Waals surface area contributed by atoms with Crippen LogP contribution in [0.2, 0.25) is 0 Å². The van der Waals surface area contributed by atoms with Crippen LogP contribution in [0.25, 0.3) is 0 Å². The molecule has 1 aliphatic carbocycles. The van der Waals surface area contributed by atoms with Crippen molar-refractivity contribution in [3.63, 3.8) is 0 Å². The minimum atomic E-state index is -0.815. The van der Waals surface area contributed by atoms with Crippen LogP contribution in [0, 0.1) is 5.92 Å². The van der Waals surface area contributed by atoms with Crippen molar-refractivity contribution in [1.29, 1.82) is 0 Å². The second kappa shape index (κ2) is 3.23. The summed E-state index contributed by atoms with van der Waals surface area (Å²) in [4.78, 5) is 13.2. The smallest absolute Gasteiger partial charge is 0.214 e. The molecule has 0 bridgehead atoms. The van der Waals surface area contributed by atoms with Crippen LogP contribution in [0.15, 0.2) is 24.3 Å². The van der Waals surface area contributed by atoms with Gasteiger partial charge in [-0.2, -0.15) is 0 Å². The van der Waals surface area contributed by atoms with Crippen molar-refractivity contribution in [2.75, 3.05) is 4.90 Å². The first-order valence-corrected chi connectivity index (χ1v) is 6.77. The maximum absolute atomic E-state index is 11.5. The van der Waals surface area contributed by atoms with Crippen molar-refractivity contribution in [2.24, 2.45) is 5.92 Å². The van der Waals surface area contributed by atoms with E-state index in [0.29, 0.717) is 0 Å². The molecule has 0 radical (unpaired) electrons. The Bertz CT molecular complexity index is 540. The van der Waals surface area contributed by atoms with Crippen LogP contribution in [0.1, 0.15) is 26.3 Å². The predicted octanol–water partition coefficient (Wildman–Crippen LogP) is 3.50. The zero-order chi connectivity index (χ0) is 13.3. The molecule has 2 aliphatic rings. The molecule has 0 N–H and O–H groups in total. The summed E-state index contributed by atoms with van der Waals surface area (Å²) >= 11 is 13.0. The van der Waals surface area contributed by atoms with Gasteiger partial charge in [0.15, 0.2) is 0 Å². The molecule has 0 saturated heterocycles. The quantitative estimate of drug-likeness (QED) is 0.571. The molecular weight excluding hydrogens is 269 g/mol. The standard InChI is InChI=1S/C14H15Cl2NO/c1-12(2)11-13(3,14(11,15)16)9-6-4-5-7-10(9)17(12)8-18/h4-8,11H,1-3H3/t11-,13-/m1/s1. The Morgan fingerprint density at radius 2 is 1.83 bits per heavy atom. The molecule has 1 fully saturated rings. The normalized spacial score (nSPS) is 34.5. The van der Waals surface area contributed by atoms with E-state index in [1.807, 2.05) is 38.1 Å². The Kier molecular flexibility index (Phi) is 2.21. The Hall–Kier alpha value is -0.730. The monoisotopic (exact) mass is 283 g/mol. The Balaban J connectivity index is 2.30. The minimum Gasteiger partial charge on any atom is -0.309 e. The number of alkyl halides is 2. The summed E-state index contributed by atoms with van der Waals surface area (Å²) in [7, 11) is 0.